The lowest BCUT2D eigenvalue weighted by molar-refractivity contribution is 0.0762. The fraction of sp³-hybridized carbons (Fsp3) is 0.400. The number of aliphatic hydroxyl groups excluding tert-OH is 1. The maximum atomic E-state index is 11.8. The molecule has 1 saturated heterocycles. The van der Waals surface area contributed by atoms with Crippen LogP contribution in [0.3, 0.4) is 0 Å². The molecule has 0 spiro atoms. The van der Waals surface area contributed by atoms with E-state index < -0.39 is 11.7 Å². The first-order valence-corrected chi connectivity index (χ1v) is 4.73. The van der Waals surface area contributed by atoms with Crippen molar-refractivity contribution >= 4 is 5.91 Å². The highest BCUT2D eigenvalue weighted by atomic mass is 16.4. The lowest BCUT2D eigenvalue weighted by atomic mass is 10.2. The van der Waals surface area contributed by atoms with Crippen molar-refractivity contribution in [3.05, 3.63) is 34.4 Å². The van der Waals surface area contributed by atoms with Crippen LogP contribution in [0.5, 0.6) is 0 Å². The molecule has 0 bridgehead atoms. The number of amides is 1. The molecule has 15 heavy (non-hydrogen) atoms. The molecule has 5 nitrogen and oxygen atoms in total. The van der Waals surface area contributed by atoms with Crippen LogP contribution in [0.25, 0.3) is 0 Å². The third-order valence-electron chi connectivity index (χ3n) is 2.40. The summed E-state index contributed by atoms with van der Waals surface area (Å²) in [4.78, 5) is 24.0. The van der Waals surface area contributed by atoms with Crippen LogP contribution >= 0.6 is 0 Å². The quantitative estimate of drug-likeness (QED) is 0.698. The first kappa shape index (κ1) is 9.92. The van der Waals surface area contributed by atoms with Crippen molar-refractivity contribution in [2.45, 2.75) is 12.5 Å². The van der Waals surface area contributed by atoms with Crippen LogP contribution in [0.2, 0.25) is 0 Å². The molecular weight excluding hydrogens is 198 g/mol. The summed E-state index contributed by atoms with van der Waals surface area (Å²) >= 11 is 0. The van der Waals surface area contributed by atoms with Crippen LogP contribution in [0.4, 0.5) is 0 Å². The Kier molecular flexibility index (Phi) is 2.55. The summed E-state index contributed by atoms with van der Waals surface area (Å²) in [5, 5.41) is 9.27. The van der Waals surface area contributed by atoms with Gasteiger partial charge in [-0.05, 0) is 12.5 Å². The van der Waals surface area contributed by atoms with Crippen molar-refractivity contribution in [2.24, 2.45) is 0 Å². The molecule has 1 aromatic heterocycles. The van der Waals surface area contributed by atoms with E-state index >= 15 is 0 Å². The number of carbonyl (C=O) groups is 1. The average molecular weight is 209 g/mol. The molecule has 2 heterocycles. The molecule has 1 aromatic rings. The van der Waals surface area contributed by atoms with Gasteiger partial charge in [-0.25, -0.2) is 4.79 Å². The molecule has 1 aliphatic rings. The molecule has 1 N–H and O–H groups in total. The second-order valence-electron chi connectivity index (χ2n) is 3.54. The molecular formula is C10H11NO4. The molecule has 80 valence electrons. The van der Waals surface area contributed by atoms with Gasteiger partial charge in [-0.15, -0.1) is 0 Å². The molecule has 1 aliphatic heterocycles. The van der Waals surface area contributed by atoms with Crippen LogP contribution in [0.1, 0.15) is 16.8 Å². The normalized spacial score (nSPS) is 20.6. The van der Waals surface area contributed by atoms with Crippen molar-refractivity contribution in [2.75, 3.05) is 13.1 Å². The summed E-state index contributed by atoms with van der Waals surface area (Å²) in [5.41, 5.74) is -0.142. The van der Waals surface area contributed by atoms with Gasteiger partial charge in [0.15, 0.2) is 0 Å². The first-order chi connectivity index (χ1) is 7.16. The maximum absolute atomic E-state index is 11.8. The van der Waals surface area contributed by atoms with E-state index in [4.69, 9.17) is 0 Å². The van der Waals surface area contributed by atoms with E-state index in [0.717, 1.165) is 6.26 Å². The Hall–Kier alpha value is -1.62. The summed E-state index contributed by atoms with van der Waals surface area (Å²) in [6, 6.07) is 2.64. The Labute approximate surface area is 85.9 Å². The highest BCUT2D eigenvalue weighted by Crippen LogP contribution is 2.12. The van der Waals surface area contributed by atoms with E-state index in [0.29, 0.717) is 25.1 Å². The van der Waals surface area contributed by atoms with E-state index in [1.54, 1.807) is 4.90 Å². The molecule has 0 aliphatic carbocycles. The highest BCUT2D eigenvalue weighted by molar-refractivity contribution is 5.93. The van der Waals surface area contributed by atoms with Crippen LogP contribution in [-0.4, -0.2) is 35.1 Å². The summed E-state index contributed by atoms with van der Waals surface area (Å²) in [5.74, 6) is -0.213. The van der Waals surface area contributed by atoms with Gasteiger partial charge in [0.25, 0.3) is 5.91 Å². The smallest absolute Gasteiger partial charge is 0.335 e. The molecule has 0 radical (unpaired) electrons. The van der Waals surface area contributed by atoms with Gasteiger partial charge in [-0.1, -0.05) is 0 Å². The zero-order valence-corrected chi connectivity index (χ0v) is 8.05. The van der Waals surface area contributed by atoms with Crippen molar-refractivity contribution < 1.29 is 14.3 Å². The predicted molar refractivity (Wildman–Crippen MR) is 51.5 cm³/mol. The van der Waals surface area contributed by atoms with Crippen molar-refractivity contribution in [3.63, 3.8) is 0 Å². The minimum absolute atomic E-state index is 0.213. The predicted octanol–water partition coefficient (Wildman–Crippen LogP) is -0.153. The summed E-state index contributed by atoms with van der Waals surface area (Å²) in [6.45, 7) is 0.886. The second kappa shape index (κ2) is 3.86. The SMILES string of the molecule is O=C(c1ccc(=O)oc1)N1CCC(O)C1. The van der Waals surface area contributed by atoms with E-state index in [2.05, 4.69) is 4.42 Å². The largest absolute Gasteiger partial charge is 0.430 e. The molecule has 1 atom stereocenters. The zero-order valence-electron chi connectivity index (χ0n) is 8.05. The topological polar surface area (TPSA) is 70.8 Å². The minimum atomic E-state index is -0.479. The van der Waals surface area contributed by atoms with Crippen molar-refractivity contribution in [1.29, 1.82) is 0 Å². The summed E-state index contributed by atoms with van der Waals surface area (Å²) < 4.78 is 4.60. The van der Waals surface area contributed by atoms with Gasteiger partial charge in [-0.3, -0.25) is 4.79 Å². The number of rotatable bonds is 1. The van der Waals surface area contributed by atoms with E-state index in [-0.39, 0.29) is 5.91 Å². The molecule has 0 aromatic carbocycles. The van der Waals surface area contributed by atoms with Crippen molar-refractivity contribution in [3.8, 4) is 0 Å². The second-order valence-corrected chi connectivity index (χ2v) is 3.54. The summed E-state index contributed by atoms with van der Waals surface area (Å²) in [7, 11) is 0. The van der Waals surface area contributed by atoms with E-state index in [1.165, 1.54) is 12.1 Å². The highest BCUT2D eigenvalue weighted by Gasteiger charge is 2.25. The third-order valence-corrected chi connectivity index (χ3v) is 2.40. The lowest BCUT2D eigenvalue weighted by Gasteiger charge is -2.14. The fourth-order valence-corrected chi connectivity index (χ4v) is 1.59. The van der Waals surface area contributed by atoms with Gasteiger partial charge < -0.3 is 14.4 Å². The molecule has 5 heteroatoms. The number of nitrogens with zero attached hydrogens (tertiary/aromatic N) is 1. The minimum Gasteiger partial charge on any atom is -0.430 e. The van der Waals surface area contributed by atoms with Gasteiger partial charge in [0, 0.05) is 19.2 Å². The van der Waals surface area contributed by atoms with E-state index in [1.807, 2.05) is 0 Å². The Morgan fingerprint density at radius 1 is 1.53 bits per heavy atom. The van der Waals surface area contributed by atoms with Crippen LogP contribution in [0, 0.1) is 0 Å². The Morgan fingerprint density at radius 3 is 2.87 bits per heavy atom. The fourth-order valence-electron chi connectivity index (χ4n) is 1.59. The Morgan fingerprint density at radius 2 is 2.33 bits per heavy atom. The molecule has 1 unspecified atom stereocenters. The standard InChI is InChI=1S/C10H11NO4/c12-8-3-4-11(5-8)10(14)7-1-2-9(13)15-6-7/h1-2,6,8,12H,3-5H2. The van der Waals surface area contributed by atoms with E-state index in [9.17, 15) is 14.7 Å². The van der Waals surface area contributed by atoms with Crippen LogP contribution in [-0.2, 0) is 0 Å². The van der Waals surface area contributed by atoms with Gasteiger partial charge in [-0.2, -0.15) is 0 Å². The first-order valence-electron chi connectivity index (χ1n) is 4.73. The summed E-state index contributed by atoms with van der Waals surface area (Å²) in [6.07, 6.45) is 1.31. The van der Waals surface area contributed by atoms with Crippen molar-refractivity contribution in [1.82, 2.24) is 4.90 Å². The number of carbonyl (C=O) groups excluding carboxylic acids is 1. The Balaban J connectivity index is 2.14. The number of hydrogen-bond donors (Lipinski definition) is 1. The molecule has 0 saturated carbocycles. The molecule has 1 amide bonds. The third kappa shape index (κ3) is 2.07. The Bertz CT molecular complexity index is 405. The number of aliphatic hydroxyl groups is 1. The van der Waals surface area contributed by atoms with Crippen LogP contribution < -0.4 is 5.63 Å². The average Bonchev–Trinajstić information content (AvgIpc) is 2.65. The van der Waals surface area contributed by atoms with Gasteiger partial charge in [0.05, 0.1) is 11.7 Å². The molecule has 2 rings (SSSR count). The van der Waals surface area contributed by atoms with Gasteiger partial charge in [0.1, 0.15) is 6.26 Å². The lowest BCUT2D eigenvalue weighted by Crippen LogP contribution is -2.29. The molecule has 1 fully saturated rings. The number of β-amino-alcohol motifs (C(OH)–C–C–N with tert-alkyl or cyclic N) is 1. The zero-order chi connectivity index (χ0) is 10.8. The number of hydrogen-bond acceptors (Lipinski definition) is 4. The number of likely N-dealkylation sites (tertiary alicyclic amines) is 1. The van der Waals surface area contributed by atoms with Gasteiger partial charge in [0.2, 0.25) is 0 Å². The van der Waals surface area contributed by atoms with Crippen LogP contribution in [0.15, 0.2) is 27.6 Å². The monoisotopic (exact) mass is 209 g/mol. The maximum Gasteiger partial charge on any atom is 0.335 e. The van der Waals surface area contributed by atoms with Gasteiger partial charge >= 0.3 is 5.63 Å².